The Balaban J connectivity index is 1.91. The van der Waals surface area contributed by atoms with Crippen molar-refractivity contribution < 1.29 is 19.1 Å². The van der Waals surface area contributed by atoms with E-state index in [2.05, 4.69) is 15.6 Å². The number of anilines is 1. The van der Waals surface area contributed by atoms with Gasteiger partial charge in [0.2, 0.25) is 5.88 Å². The SMILES string of the molecule is CCOc1ccc([C@H](C)NC(=O)C(=O)Nc2ccc(OC)nc2)cc1. The Bertz CT molecular complexity index is 714. The lowest BCUT2D eigenvalue weighted by Crippen LogP contribution is -2.36. The highest BCUT2D eigenvalue weighted by atomic mass is 16.5. The largest absolute Gasteiger partial charge is 0.494 e. The predicted octanol–water partition coefficient (Wildman–Crippen LogP) is 2.30. The maximum absolute atomic E-state index is 12.0. The van der Waals surface area contributed by atoms with Crippen molar-refractivity contribution in [1.82, 2.24) is 10.3 Å². The van der Waals surface area contributed by atoms with Crippen LogP contribution in [0.5, 0.6) is 11.6 Å². The Morgan fingerprint density at radius 1 is 1.12 bits per heavy atom. The van der Waals surface area contributed by atoms with Crippen LogP contribution in [0.1, 0.15) is 25.5 Å². The molecule has 0 radical (unpaired) electrons. The molecule has 2 rings (SSSR count). The third-order valence-electron chi connectivity index (χ3n) is 3.45. The fraction of sp³-hybridized carbons (Fsp3) is 0.278. The van der Waals surface area contributed by atoms with E-state index in [1.54, 1.807) is 19.1 Å². The van der Waals surface area contributed by atoms with Crippen LogP contribution in [0.3, 0.4) is 0 Å². The lowest BCUT2D eigenvalue weighted by molar-refractivity contribution is -0.136. The van der Waals surface area contributed by atoms with Gasteiger partial charge < -0.3 is 20.1 Å². The molecule has 1 atom stereocenters. The van der Waals surface area contributed by atoms with Crippen LogP contribution in [0.25, 0.3) is 0 Å². The van der Waals surface area contributed by atoms with Gasteiger partial charge in [0.05, 0.1) is 31.6 Å². The van der Waals surface area contributed by atoms with E-state index >= 15 is 0 Å². The average Bonchev–Trinajstić information content (AvgIpc) is 2.63. The summed E-state index contributed by atoms with van der Waals surface area (Å²) in [6.45, 7) is 4.30. The summed E-state index contributed by atoms with van der Waals surface area (Å²) in [6.07, 6.45) is 1.42. The third-order valence-corrected chi connectivity index (χ3v) is 3.45. The van der Waals surface area contributed by atoms with Crippen molar-refractivity contribution in [3.63, 3.8) is 0 Å². The summed E-state index contributed by atoms with van der Waals surface area (Å²) in [5.74, 6) is -0.303. The first-order valence-corrected chi connectivity index (χ1v) is 7.88. The lowest BCUT2D eigenvalue weighted by atomic mass is 10.1. The van der Waals surface area contributed by atoms with Gasteiger partial charge >= 0.3 is 11.8 Å². The third kappa shape index (κ3) is 5.20. The number of aromatic nitrogens is 1. The number of amides is 2. The maximum Gasteiger partial charge on any atom is 0.313 e. The van der Waals surface area contributed by atoms with Crippen LogP contribution >= 0.6 is 0 Å². The van der Waals surface area contributed by atoms with E-state index in [-0.39, 0.29) is 6.04 Å². The van der Waals surface area contributed by atoms with Gasteiger partial charge in [0.1, 0.15) is 5.75 Å². The Morgan fingerprint density at radius 3 is 2.40 bits per heavy atom. The van der Waals surface area contributed by atoms with E-state index in [1.165, 1.54) is 13.3 Å². The van der Waals surface area contributed by atoms with Gasteiger partial charge in [0.25, 0.3) is 0 Å². The van der Waals surface area contributed by atoms with Gasteiger partial charge in [-0.1, -0.05) is 12.1 Å². The quantitative estimate of drug-likeness (QED) is 0.786. The zero-order valence-corrected chi connectivity index (χ0v) is 14.4. The fourth-order valence-electron chi connectivity index (χ4n) is 2.13. The first-order valence-electron chi connectivity index (χ1n) is 7.88. The summed E-state index contributed by atoms with van der Waals surface area (Å²) < 4.78 is 10.3. The number of benzene rings is 1. The summed E-state index contributed by atoms with van der Waals surface area (Å²) >= 11 is 0. The van der Waals surface area contributed by atoms with Crippen LogP contribution in [-0.2, 0) is 9.59 Å². The van der Waals surface area contributed by atoms with Crippen molar-refractivity contribution in [2.24, 2.45) is 0 Å². The number of methoxy groups -OCH3 is 1. The van der Waals surface area contributed by atoms with E-state index in [9.17, 15) is 9.59 Å². The van der Waals surface area contributed by atoms with Gasteiger partial charge in [-0.25, -0.2) is 4.98 Å². The van der Waals surface area contributed by atoms with Gasteiger partial charge in [-0.15, -0.1) is 0 Å². The molecular formula is C18H21N3O4. The molecule has 2 N–H and O–H groups in total. The molecule has 132 valence electrons. The molecule has 25 heavy (non-hydrogen) atoms. The molecule has 0 aliphatic rings. The molecule has 0 aliphatic heterocycles. The molecular weight excluding hydrogens is 322 g/mol. The molecule has 2 amide bonds. The molecule has 0 aliphatic carbocycles. The predicted molar refractivity (Wildman–Crippen MR) is 93.6 cm³/mol. The van der Waals surface area contributed by atoms with Crippen LogP contribution in [-0.4, -0.2) is 30.5 Å². The molecule has 0 saturated carbocycles. The van der Waals surface area contributed by atoms with E-state index in [0.717, 1.165) is 11.3 Å². The molecule has 0 fully saturated rings. The lowest BCUT2D eigenvalue weighted by Gasteiger charge is -2.14. The summed E-state index contributed by atoms with van der Waals surface area (Å²) in [6, 6.07) is 10.2. The molecule has 2 aromatic rings. The highest BCUT2D eigenvalue weighted by Gasteiger charge is 2.17. The van der Waals surface area contributed by atoms with Crippen molar-refractivity contribution in [3.05, 3.63) is 48.2 Å². The van der Waals surface area contributed by atoms with Gasteiger partial charge in [-0.3, -0.25) is 9.59 Å². The van der Waals surface area contributed by atoms with Gasteiger partial charge in [0, 0.05) is 6.07 Å². The first kappa shape index (κ1) is 18.3. The Labute approximate surface area is 146 Å². The number of hydrogen-bond donors (Lipinski definition) is 2. The normalized spacial score (nSPS) is 11.3. The molecule has 0 spiro atoms. The average molecular weight is 343 g/mol. The monoisotopic (exact) mass is 343 g/mol. The van der Waals surface area contributed by atoms with Crippen LogP contribution in [0, 0.1) is 0 Å². The number of pyridine rings is 1. The highest BCUT2D eigenvalue weighted by Crippen LogP contribution is 2.17. The van der Waals surface area contributed by atoms with Crippen molar-refractivity contribution in [3.8, 4) is 11.6 Å². The zero-order chi connectivity index (χ0) is 18.2. The molecule has 1 aromatic carbocycles. The van der Waals surface area contributed by atoms with Crippen LogP contribution in [0.4, 0.5) is 5.69 Å². The van der Waals surface area contributed by atoms with E-state index in [0.29, 0.717) is 18.2 Å². The van der Waals surface area contributed by atoms with Gasteiger partial charge in [-0.05, 0) is 37.6 Å². The second-order valence-corrected chi connectivity index (χ2v) is 5.24. The number of nitrogens with zero attached hydrogens (tertiary/aromatic N) is 1. The summed E-state index contributed by atoms with van der Waals surface area (Å²) in [5.41, 5.74) is 1.28. The number of carbonyl (C=O) groups excluding carboxylic acids is 2. The number of carbonyl (C=O) groups is 2. The molecule has 0 bridgehead atoms. The minimum absolute atomic E-state index is 0.317. The zero-order valence-electron chi connectivity index (χ0n) is 14.4. The van der Waals surface area contributed by atoms with Crippen molar-refractivity contribution in [2.75, 3.05) is 19.0 Å². The van der Waals surface area contributed by atoms with Crippen LogP contribution < -0.4 is 20.1 Å². The minimum atomic E-state index is -0.759. The number of rotatable bonds is 6. The molecule has 1 aromatic heterocycles. The van der Waals surface area contributed by atoms with Crippen molar-refractivity contribution in [2.45, 2.75) is 19.9 Å². The van der Waals surface area contributed by atoms with Crippen molar-refractivity contribution >= 4 is 17.5 Å². The van der Waals surface area contributed by atoms with E-state index in [1.807, 2.05) is 31.2 Å². The van der Waals surface area contributed by atoms with Crippen LogP contribution in [0.2, 0.25) is 0 Å². The number of ether oxygens (including phenoxy) is 2. The Hall–Kier alpha value is -3.09. The molecule has 7 heteroatoms. The van der Waals surface area contributed by atoms with Gasteiger partial charge in [0.15, 0.2) is 0 Å². The minimum Gasteiger partial charge on any atom is -0.494 e. The highest BCUT2D eigenvalue weighted by molar-refractivity contribution is 6.39. The van der Waals surface area contributed by atoms with E-state index in [4.69, 9.17) is 9.47 Å². The summed E-state index contributed by atoms with van der Waals surface area (Å²) in [5, 5.41) is 5.14. The fourth-order valence-corrected chi connectivity index (χ4v) is 2.13. The summed E-state index contributed by atoms with van der Waals surface area (Å²) in [7, 11) is 1.50. The Kier molecular flexibility index (Phi) is 6.33. The molecule has 1 heterocycles. The van der Waals surface area contributed by atoms with Crippen molar-refractivity contribution in [1.29, 1.82) is 0 Å². The van der Waals surface area contributed by atoms with E-state index < -0.39 is 11.8 Å². The molecule has 0 saturated heterocycles. The second-order valence-electron chi connectivity index (χ2n) is 5.24. The molecule has 0 unspecified atom stereocenters. The topological polar surface area (TPSA) is 89.5 Å². The number of nitrogens with one attached hydrogen (secondary N) is 2. The summed E-state index contributed by atoms with van der Waals surface area (Å²) in [4.78, 5) is 28.0. The number of hydrogen-bond acceptors (Lipinski definition) is 5. The van der Waals surface area contributed by atoms with Crippen LogP contribution in [0.15, 0.2) is 42.6 Å². The standard InChI is InChI=1S/C18H21N3O4/c1-4-25-15-8-5-13(6-9-15)12(2)20-17(22)18(23)21-14-7-10-16(24-3)19-11-14/h5-12H,4H2,1-3H3,(H,20,22)(H,21,23)/t12-/m0/s1. The smallest absolute Gasteiger partial charge is 0.313 e. The molecule has 7 nitrogen and oxygen atoms in total. The maximum atomic E-state index is 12.0. The van der Waals surface area contributed by atoms with Gasteiger partial charge in [-0.2, -0.15) is 0 Å². The Morgan fingerprint density at radius 2 is 1.84 bits per heavy atom. The first-order chi connectivity index (χ1) is 12.0. The second kappa shape index (κ2) is 8.68.